The van der Waals surface area contributed by atoms with Crippen LogP contribution in [0.2, 0.25) is 5.02 Å². The van der Waals surface area contributed by atoms with Gasteiger partial charge in [0, 0.05) is 5.02 Å². The molecule has 0 N–H and O–H groups in total. The van der Waals surface area contributed by atoms with Gasteiger partial charge in [-0.1, -0.05) is 17.7 Å². The molecule has 106 valence electrons. The molecule has 5 heteroatoms. The average Bonchev–Trinajstić information content (AvgIpc) is 2.36. The van der Waals surface area contributed by atoms with E-state index < -0.39 is 7.60 Å². The molecule has 0 aliphatic rings. The smallest absolute Gasteiger partial charge is 0.416 e. The van der Waals surface area contributed by atoms with Gasteiger partial charge in [0.15, 0.2) is 0 Å². The largest absolute Gasteiger partial charge is 0.427 e. The molecule has 0 bridgehead atoms. The van der Waals surface area contributed by atoms with Crippen molar-refractivity contribution < 1.29 is 13.6 Å². The Kier molecular flexibility index (Phi) is 4.42. The quantitative estimate of drug-likeness (QED) is 0.725. The minimum atomic E-state index is -3.23. The van der Waals surface area contributed by atoms with Crippen LogP contribution in [-0.2, 0) is 4.57 Å². The van der Waals surface area contributed by atoms with Gasteiger partial charge in [0.2, 0.25) is 0 Å². The summed E-state index contributed by atoms with van der Waals surface area (Å²) in [5, 5.41) is 0.596. The van der Waals surface area contributed by atoms with Crippen molar-refractivity contribution in [1.82, 2.24) is 0 Å². The van der Waals surface area contributed by atoms with Crippen molar-refractivity contribution in [3.05, 3.63) is 58.6 Å². The fraction of sp³-hybridized carbons (Fsp3) is 0.200. The summed E-state index contributed by atoms with van der Waals surface area (Å²) in [4.78, 5) is 0. The van der Waals surface area contributed by atoms with Crippen LogP contribution in [0.25, 0.3) is 0 Å². The number of benzene rings is 2. The van der Waals surface area contributed by atoms with Gasteiger partial charge in [-0.05, 0) is 61.4 Å². The SMILES string of the molecule is Cc1ccc(O[P@](C)(=O)Oc2ccc(Cl)cc2)cc1C. The van der Waals surface area contributed by atoms with Crippen molar-refractivity contribution in [3.63, 3.8) is 0 Å². The lowest BCUT2D eigenvalue weighted by Gasteiger charge is -2.16. The molecule has 0 aromatic heterocycles. The van der Waals surface area contributed by atoms with Gasteiger partial charge < -0.3 is 9.05 Å². The molecule has 0 spiro atoms. The molecule has 0 heterocycles. The first-order chi connectivity index (χ1) is 9.35. The van der Waals surface area contributed by atoms with E-state index in [1.165, 1.54) is 6.66 Å². The zero-order valence-corrected chi connectivity index (χ0v) is 13.2. The molecule has 1 atom stereocenters. The standard InChI is InChI=1S/C15H16ClO3P/c1-11-4-7-15(10-12(11)2)19-20(3,17)18-14-8-5-13(16)6-9-14/h4-10H,1-3H3/t20-/m1/s1. The van der Waals surface area contributed by atoms with Gasteiger partial charge in [-0.3, -0.25) is 0 Å². The van der Waals surface area contributed by atoms with Gasteiger partial charge in [0.1, 0.15) is 11.5 Å². The first-order valence-electron chi connectivity index (χ1n) is 6.15. The van der Waals surface area contributed by atoms with Crippen molar-refractivity contribution in [1.29, 1.82) is 0 Å². The Morgan fingerprint density at radius 3 is 2.05 bits per heavy atom. The fourth-order valence-electron chi connectivity index (χ4n) is 1.67. The molecular formula is C15H16ClO3P. The molecule has 2 aromatic rings. The van der Waals surface area contributed by atoms with E-state index in [1.54, 1.807) is 30.3 Å². The second-order valence-corrected chi connectivity index (χ2v) is 7.00. The van der Waals surface area contributed by atoms with Crippen LogP contribution in [0.15, 0.2) is 42.5 Å². The van der Waals surface area contributed by atoms with Crippen LogP contribution in [0.3, 0.4) is 0 Å². The van der Waals surface area contributed by atoms with Crippen molar-refractivity contribution in [3.8, 4) is 11.5 Å². The van der Waals surface area contributed by atoms with Gasteiger partial charge in [-0.15, -0.1) is 0 Å². The third kappa shape index (κ3) is 4.03. The van der Waals surface area contributed by atoms with E-state index in [9.17, 15) is 4.57 Å². The summed E-state index contributed by atoms with van der Waals surface area (Å²) in [6.45, 7) is 5.43. The maximum Gasteiger partial charge on any atom is 0.427 e. The third-order valence-electron chi connectivity index (χ3n) is 2.83. The van der Waals surface area contributed by atoms with Gasteiger partial charge in [-0.2, -0.15) is 0 Å². The van der Waals surface area contributed by atoms with E-state index in [4.69, 9.17) is 20.6 Å². The number of halogens is 1. The van der Waals surface area contributed by atoms with Crippen LogP contribution < -0.4 is 9.05 Å². The van der Waals surface area contributed by atoms with Crippen LogP contribution in [0.4, 0.5) is 0 Å². The van der Waals surface area contributed by atoms with Gasteiger partial charge in [-0.25, -0.2) is 4.57 Å². The molecule has 20 heavy (non-hydrogen) atoms. The van der Waals surface area contributed by atoms with Crippen molar-refractivity contribution in [2.75, 3.05) is 6.66 Å². The third-order valence-corrected chi connectivity index (χ3v) is 4.17. The van der Waals surface area contributed by atoms with E-state index in [2.05, 4.69) is 0 Å². The van der Waals surface area contributed by atoms with Gasteiger partial charge in [0.25, 0.3) is 0 Å². The first-order valence-corrected chi connectivity index (χ1v) is 8.52. The van der Waals surface area contributed by atoms with E-state index in [0.717, 1.165) is 11.1 Å². The molecule has 0 aliphatic carbocycles. The predicted octanol–water partition coefficient (Wildman–Crippen LogP) is 5.24. The van der Waals surface area contributed by atoms with E-state index >= 15 is 0 Å². The Morgan fingerprint density at radius 1 is 0.900 bits per heavy atom. The average molecular weight is 311 g/mol. The highest BCUT2D eigenvalue weighted by Gasteiger charge is 2.20. The summed E-state index contributed by atoms with van der Waals surface area (Å²) in [6, 6.07) is 12.2. The summed E-state index contributed by atoms with van der Waals surface area (Å²) in [6.07, 6.45) is 0. The van der Waals surface area contributed by atoms with Crippen molar-refractivity contribution in [2.45, 2.75) is 13.8 Å². The molecule has 0 unspecified atom stereocenters. The monoisotopic (exact) mass is 310 g/mol. The summed E-state index contributed by atoms with van der Waals surface area (Å²) in [7, 11) is -3.23. The van der Waals surface area contributed by atoms with Crippen molar-refractivity contribution >= 4 is 19.2 Å². The fourth-order valence-corrected chi connectivity index (χ4v) is 2.83. The number of aryl methyl sites for hydroxylation is 2. The van der Waals surface area contributed by atoms with Crippen LogP contribution >= 0.6 is 19.2 Å². The van der Waals surface area contributed by atoms with Crippen LogP contribution in [0.1, 0.15) is 11.1 Å². The Labute approximate surface area is 124 Å². The Balaban J connectivity index is 2.12. The number of rotatable bonds is 4. The van der Waals surface area contributed by atoms with Crippen LogP contribution in [0.5, 0.6) is 11.5 Å². The molecule has 2 rings (SSSR count). The van der Waals surface area contributed by atoms with E-state index in [1.807, 2.05) is 26.0 Å². The maximum absolute atomic E-state index is 12.4. The van der Waals surface area contributed by atoms with Crippen molar-refractivity contribution in [2.24, 2.45) is 0 Å². The minimum Gasteiger partial charge on any atom is -0.416 e. The normalized spacial score (nSPS) is 13.6. The summed E-state index contributed by atoms with van der Waals surface area (Å²) in [5.41, 5.74) is 2.23. The second-order valence-electron chi connectivity index (χ2n) is 4.65. The Bertz CT molecular complexity index is 653. The predicted molar refractivity (Wildman–Crippen MR) is 82.2 cm³/mol. The molecule has 0 saturated carbocycles. The number of hydrogen-bond acceptors (Lipinski definition) is 3. The molecule has 0 amide bonds. The molecule has 3 nitrogen and oxygen atoms in total. The summed E-state index contributed by atoms with van der Waals surface area (Å²) in [5.74, 6) is 0.997. The maximum atomic E-state index is 12.4. The molecule has 2 aromatic carbocycles. The van der Waals surface area contributed by atoms with Gasteiger partial charge >= 0.3 is 7.60 Å². The Hall–Kier alpha value is -1.44. The zero-order valence-electron chi connectivity index (χ0n) is 11.6. The number of hydrogen-bond donors (Lipinski definition) is 0. The molecule has 0 saturated heterocycles. The lowest BCUT2D eigenvalue weighted by Crippen LogP contribution is -1.99. The molecule has 0 fully saturated rings. The Morgan fingerprint density at radius 2 is 1.45 bits per heavy atom. The molecule has 0 aliphatic heterocycles. The lowest BCUT2D eigenvalue weighted by molar-refractivity contribution is 0.393. The highest BCUT2D eigenvalue weighted by molar-refractivity contribution is 7.53. The lowest BCUT2D eigenvalue weighted by atomic mass is 10.1. The minimum absolute atomic E-state index is 0.462. The highest BCUT2D eigenvalue weighted by Crippen LogP contribution is 2.45. The molecule has 0 radical (unpaired) electrons. The summed E-state index contributed by atoms with van der Waals surface area (Å²) >= 11 is 5.79. The van der Waals surface area contributed by atoms with Crippen LogP contribution in [0, 0.1) is 13.8 Å². The zero-order chi connectivity index (χ0) is 14.8. The summed E-state index contributed by atoms with van der Waals surface area (Å²) < 4.78 is 23.2. The van der Waals surface area contributed by atoms with E-state index in [-0.39, 0.29) is 0 Å². The van der Waals surface area contributed by atoms with E-state index in [0.29, 0.717) is 16.5 Å². The van der Waals surface area contributed by atoms with Crippen LogP contribution in [-0.4, -0.2) is 6.66 Å². The topological polar surface area (TPSA) is 35.5 Å². The molecular weight excluding hydrogens is 295 g/mol. The second kappa shape index (κ2) is 5.90. The van der Waals surface area contributed by atoms with Gasteiger partial charge in [0.05, 0.1) is 6.66 Å². The highest BCUT2D eigenvalue weighted by atomic mass is 35.5. The first kappa shape index (κ1) is 15.0.